The molecule has 1 aromatic heterocycles. The lowest BCUT2D eigenvalue weighted by atomic mass is 9.91. The van der Waals surface area contributed by atoms with E-state index >= 15 is 0 Å². The maximum Gasteiger partial charge on any atom is 0.319 e. The number of carbonyl (C=O) groups excluding carboxylic acids is 1. The highest BCUT2D eigenvalue weighted by Crippen LogP contribution is 2.38. The molecule has 1 aliphatic carbocycles. The van der Waals surface area contributed by atoms with Gasteiger partial charge in [-0.25, -0.2) is 4.79 Å². The second-order valence-corrected chi connectivity index (χ2v) is 7.45. The number of aromatic nitrogens is 1. The van der Waals surface area contributed by atoms with Gasteiger partial charge in [-0.1, -0.05) is 0 Å². The molecule has 2 saturated heterocycles. The summed E-state index contributed by atoms with van der Waals surface area (Å²) in [6.45, 7) is 2.12. The van der Waals surface area contributed by atoms with Gasteiger partial charge in [-0.2, -0.15) is 0 Å². The molecular weight excluding hydrogens is 318 g/mol. The van der Waals surface area contributed by atoms with Crippen LogP contribution in [-0.4, -0.2) is 42.5 Å². The van der Waals surface area contributed by atoms with E-state index in [1.54, 1.807) is 6.20 Å². The first-order chi connectivity index (χ1) is 12.2. The molecule has 0 aromatic carbocycles. The summed E-state index contributed by atoms with van der Waals surface area (Å²) < 4.78 is 11.7. The Morgan fingerprint density at radius 3 is 2.96 bits per heavy atom. The predicted molar refractivity (Wildman–Crippen MR) is 94.8 cm³/mol. The molecule has 3 aliphatic rings. The van der Waals surface area contributed by atoms with Crippen LogP contribution in [0.1, 0.15) is 49.8 Å². The summed E-state index contributed by atoms with van der Waals surface area (Å²) in [5.74, 6) is 0. The Bertz CT molecular complexity index is 628. The summed E-state index contributed by atoms with van der Waals surface area (Å²) in [6.07, 6.45) is 10.4. The number of anilines is 1. The van der Waals surface area contributed by atoms with Gasteiger partial charge in [-0.3, -0.25) is 4.98 Å². The van der Waals surface area contributed by atoms with Gasteiger partial charge in [-0.15, -0.1) is 0 Å². The Morgan fingerprint density at radius 2 is 2.08 bits per heavy atom. The first-order valence-corrected chi connectivity index (χ1v) is 9.51. The number of aryl methyl sites for hydroxylation is 2. The molecule has 2 amide bonds. The summed E-state index contributed by atoms with van der Waals surface area (Å²) in [7, 11) is 0. The molecule has 0 bridgehead atoms. The molecular formula is C19H27N3O3. The second-order valence-electron chi connectivity index (χ2n) is 7.45. The van der Waals surface area contributed by atoms with Crippen molar-refractivity contribution < 1.29 is 14.3 Å². The van der Waals surface area contributed by atoms with E-state index < -0.39 is 0 Å². The van der Waals surface area contributed by atoms with Crippen LogP contribution in [0, 0.1) is 0 Å². The number of nitrogens with zero attached hydrogens (tertiary/aromatic N) is 1. The van der Waals surface area contributed by atoms with Crippen LogP contribution >= 0.6 is 0 Å². The molecule has 2 fully saturated rings. The Hall–Kier alpha value is -1.66. The summed E-state index contributed by atoms with van der Waals surface area (Å²) >= 11 is 0. The topological polar surface area (TPSA) is 72.5 Å². The van der Waals surface area contributed by atoms with Gasteiger partial charge in [0.25, 0.3) is 0 Å². The number of urea groups is 1. The zero-order valence-corrected chi connectivity index (χ0v) is 14.7. The molecule has 2 aliphatic heterocycles. The fourth-order valence-corrected chi connectivity index (χ4v) is 4.19. The first-order valence-electron chi connectivity index (χ1n) is 9.51. The van der Waals surface area contributed by atoms with Crippen molar-refractivity contribution in [1.29, 1.82) is 0 Å². The van der Waals surface area contributed by atoms with E-state index in [2.05, 4.69) is 21.7 Å². The fourth-order valence-electron chi connectivity index (χ4n) is 4.19. The standard InChI is InChI=1S/C19H27N3O3/c23-18(22-15-11-14-3-1-2-4-17(14)20-12-15)21-13-16-5-6-19(25-16)7-9-24-10-8-19/h11-12,16H,1-10,13H2,(H2,21,22,23). The normalized spacial score (nSPS) is 24.7. The number of amides is 2. The largest absolute Gasteiger partial charge is 0.381 e. The lowest BCUT2D eigenvalue weighted by molar-refractivity contribution is -0.101. The third-order valence-corrected chi connectivity index (χ3v) is 5.66. The summed E-state index contributed by atoms with van der Waals surface area (Å²) in [5.41, 5.74) is 3.21. The zero-order valence-electron chi connectivity index (χ0n) is 14.7. The number of pyridine rings is 1. The summed E-state index contributed by atoms with van der Waals surface area (Å²) in [5, 5.41) is 5.84. The molecule has 1 unspecified atom stereocenters. The fraction of sp³-hybridized carbons (Fsp3) is 0.684. The Morgan fingerprint density at radius 1 is 1.24 bits per heavy atom. The van der Waals surface area contributed by atoms with Gasteiger partial charge >= 0.3 is 6.03 Å². The zero-order chi connectivity index (χ0) is 17.1. The van der Waals surface area contributed by atoms with Crippen LogP contribution in [0.4, 0.5) is 10.5 Å². The van der Waals surface area contributed by atoms with Gasteiger partial charge < -0.3 is 20.1 Å². The van der Waals surface area contributed by atoms with Crippen molar-refractivity contribution in [2.75, 3.05) is 25.1 Å². The van der Waals surface area contributed by atoms with Gasteiger partial charge in [0.15, 0.2) is 0 Å². The number of hydrogen-bond donors (Lipinski definition) is 2. The maximum absolute atomic E-state index is 12.2. The second kappa shape index (κ2) is 7.30. The van der Waals surface area contributed by atoms with Crippen LogP contribution in [-0.2, 0) is 22.3 Å². The van der Waals surface area contributed by atoms with Crippen molar-refractivity contribution in [2.24, 2.45) is 0 Å². The molecule has 25 heavy (non-hydrogen) atoms. The molecule has 136 valence electrons. The van der Waals surface area contributed by atoms with Crippen molar-refractivity contribution in [1.82, 2.24) is 10.3 Å². The Labute approximate surface area is 148 Å². The molecule has 4 rings (SSSR count). The summed E-state index contributed by atoms with van der Waals surface area (Å²) in [6, 6.07) is 1.87. The van der Waals surface area contributed by atoms with E-state index in [0.29, 0.717) is 6.54 Å². The molecule has 1 aromatic rings. The molecule has 0 radical (unpaired) electrons. The average molecular weight is 345 g/mol. The number of nitrogens with one attached hydrogen (secondary N) is 2. The van der Waals surface area contributed by atoms with Crippen LogP contribution in [0.15, 0.2) is 12.3 Å². The molecule has 2 N–H and O–H groups in total. The van der Waals surface area contributed by atoms with Gasteiger partial charge in [0.05, 0.1) is 23.6 Å². The van der Waals surface area contributed by atoms with Crippen molar-refractivity contribution in [2.45, 2.75) is 63.1 Å². The lowest BCUT2D eigenvalue weighted by Crippen LogP contribution is -2.39. The van der Waals surface area contributed by atoms with Gasteiger partial charge in [0, 0.05) is 25.5 Å². The molecule has 3 heterocycles. The number of ether oxygens (including phenoxy) is 2. The highest BCUT2D eigenvalue weighted by Gasteiger charge is 2.41. The number of carbonyl (C=O) groups is 1. The molecule has 6 nitrogen and oxygen atoms in total. The number of hydrogen-bond acceptors (Lipinski definition) is 4. The highest BCUT2D eigenvalue weighted by molar-refractivity contribution is 5.89. The molecule has 1 spiro atoms. The van der Waals surface area contributed by atoms with E-state index in [0.717, 1.165) is 57.4 Å². The van der Waals surface area contributed by atoms with Gasteiger partial charge in [0.2, 0.25) is 0 Å². The SMILES string of the molecule is O=C(NCC1CCC2(CCOCC2)O1)Nc1cnc2c(c1)CCCC2. The van der Waals surface area contributed by atoms with E-state index in [4.69, 9.17) is 9.47 Å². The minimum atomic E-state index is -0.186. The van der Waals surface area contributed by atoms with Crippen molar-refractivity contribution in [3.05, 3.63) is 23.5 Å². The molecule has 6 heteroatoms. The third kappa shape index (κ3) is 3.96. The Balaban J connectivity index is 1.25. The van der Waals surface area contributed by atoms with E-state index in [-0.39, 0.29) is 17.7 Å². The quantitative estimate of drug-likeness (QED) is 0.883. The predicted octanol–water partition coefficient (Wildman–Crippen LogP) is 2.81. The molecule has 0 saturated carbocycles. The van der Waals surface area contributed by atoms with Crippen LogP contribution in [0.25, 0.3) is 0 Å². The monoisotopic (exact) mass is 345 g/mol. The van der Waals surface area contributed by atoms with Gasteiger partial charge in [-0.05, 0) is 63.0 Å². The van der Waals surface area contributed by atoms with Crippen molar-refractivity contribution in [3.8, 4) is 0 Å². The minimum absolute atomic E-state index is 0.0104. The maximum atomic E-state index is 12.2. The van der Waals surface area contributed by atoms with Gasteiger partial charge in [0.1, 0.15) is 0 Å². The van der Waals surface area contributed by atoms with E-state index in [1.165, 1.54) is 24.1 Å². The average Bonchev–Trinajstić information content (AvgIpc) is 3.03. The van der Waals surface area contributed by atoms with Crippen molar-refractivity contribution in [3.63, 3.8) is 0 Å². The molecule has 1 atom stereocenters. The number of rotatable bonds is 3. The summed E-state index contributed by atoms with van der Waals surface area (Å²) in [4.78, 5) is 16.7. The van der Waals surface area contributed by atoms with Crippen molar-refractivity contribution >= 4 is 11.7 Å². The number of fused-ring (bicyclic) bond motifs is 1. The van der Waals surface area contributed by atoms with Crippen LogP contribution in [0.5, 0.6) is 0 Å². The lowest BCUT2D eigenvalue weighted by Gasteiger charge is -2.33. The van der Waals surface area contributed by atoms with E-state index in [1.807, 2.05) is 0 Å². The smallest absolute Gasteiger partial charge is 0.319 e. The Kier molecular flexibility index (Phi) is 4.90. The van der Waals surface area contributed by atoms with E-state index in [9.17, 15) is 4.79 Å². The minimum Gasteiger partial charge on any atom is -0.381 e. The van der Waals surface area contributed by atoms with Crippen LogP contribution in [0.3, 0.4) is 0 Å². The first kappa shape index (κ1) is 16.8. The third-order valence-electron chi connectivity index (χ3n) is 5.66. The van der Waals surface area contributed by atoms with Crippen LogP contribution < -0.4 is 10.6 Å². The van der Waals surface area contributed by atoms with Crippen LogP contribution in [0.2, 0.25) is 0 Å². The highest BCUT2D eigenvalue weighted by atomic mass is 16.5.